The third-order valence-electron chi connectivity index (χ3n) is 4.53. The summed E-state index contributed by atoms with van der Waals surface area (Å²) in [5.74, 6) is 0.0174. The standard InChI is InChI=1S/C14H24O3/c15-13(16)14(7-3-1-2-4-8-14)11-12-5-9-17-10-6-12/h12H,1-11H2,(H,15,16). The summed E-state index contributed by atoms with van der Waals surface area (Å²) in [5.41, 5.74) is -0.418. The fourth-order valence-corrected chi connectivity index (χ4v) is 3.41. The molecule has 0 aromatic carbocycles. The molecule has 98 valence electrons. The molecular weight excluding hydrogens is 216 g/mol. The SMILES string of the molecule is O=C(O)C1(CC2CCOCC2)CCCCCC1. The van der Waals surface area contributed by atoms with E-state index in [1.165, 1.54) is 12.8 Å². The Kier molecular flexibility index (Phi) is 4.43. The minimum atomic E-state index is -0.550. The van der Waals surface area contributed by atoms with Crippen molar-refractivity contribution in [1.29, 1.82) is 0 Å². The van der Waals surface area contributed by atoms with Crippen molar-refractivity contribution in [2.24, 2.45) is 11.3 Å². The summed E-state index contributed by atoms with van der Waals surface area (Å²) in [6, 6.07) is 0. The summed E-state index contributed by atoms with van der Waals surface area (Å²) in [6.45, 7) is 1.64. The maximum Gasteiger partial charge on any atom is 0.309 e. The van der Waals surface area contributed by atoms with Crippen LogP contribution in [0.25, 0.3) is 0 Å². The van der Waals surface area contributed by atoms with E-state index in [4.69, 9.17) is 4.74 Å². The molecule has 1 heterocycles. The van der Waals surface area contributed by atoms with E-state index in [0.717, 1.165) is 58.2 Å². The molecule has 0 radical (unpaired) electrons. The van der Waals surface area contributed by atoms with Crippen molar-refractivity contribution in [3.63, 3.8) is 0 Å². The predicted octanol–water partition coefficient (Wildman–Crippen LogP) is 3.23. The van der Waals surface area contributed by atoms with Gasteiger partial charge in [-0.1, -0.05) is 25.7 Å². The molecule has 2 rings (SSSR count). The Morgan fingerprint density at radius 1 is 1.12 bits per heavy atom. The zero-order valence-electron chi connectivity index (χ0n) is 10.6. The number of carboxylic acid groups (broad SMARTS) is 1. The van der Waals surface area contributed by atoms with Crippen LogP contribution in [0.2, 0.25) is 0 Å². The fraction of sp³-hybridized carbons (Fsp3) is 0.929. The third-order valence-corrected chi connectivity index (χ3v) is 4.53. The molecule has 1 aliphatic carbocycles. The minimum absolute atomic E-state index is 0.418. The maximum absolute atomic E-state index is 11.7. The van der Waals surface area contributed by atoms with E-state index in [2.05, 4.69) is 0 Å². The van der Waals surface area contributed by atoms with E-state index in [-0.39, 0.29) is 0 Å². The molecule has 0 amide bonds. The van der Waals surface area contributed by atoms with Gasteiger partial charge >= 0.3 is 5.97 Å². The van der Waals surface area contributed by atoms with Crippen molar-refractivity contribution in [2.45, 2.75) is 57.8 Å². The zero-order valence-corrected chi connectivity index (χ0v) is 10.6. The van der Waals surface area contributed by atoms with E-state index in [1.807, 2.05) is 0 Å². The van der Waals surface area contributed by atoms with Crippen LogP contribution in [-0.2, 0) is 9.53 Å². The average Bonchev–Trinajstić information content (AvgIpc) is 2.57. The van der Waals surface area contributed by atoms with Gasteiger partial charge in [-0.05, 0) is 38.0 Å². The van der Waals surface area contributed by atoms with E-state index in [1.54, 1.807) is 0 Å². The van der Waals surface area contributed by atoms with Crippen LogP contribution < -0.4 is 0 Å². The van der Waals surface area contributed by atoms with Crippen LogP contribution >= 0.6 is 0 Å². The Balaban J connectivity index is 2.01. The lowest BCUT2D eigenvalue weighted by molar-refractivity contribution is -0.151. The predicted molar refractivity (Wildman–Crippen MR) is 65.9 cm³/mol. The van der Waals surface area contributed by atoms with Gasteiger partial charge in [-0.15, -0.1) is 0 Å². The molecule has 2 aliphatic rings. The normalized spacial score (nSPS) is 26.4. The van der Waals surface area contributed by atoms with E-state index >= 15 is 0 Å². The summed E-state index contributed by atoms with van der Waals surface area (Å²) in [5, 5.41) is 9.61. The van der Waals surface area contributed by atoms with E-state index < -0.39 is 11.4 Å². The second-order valence-corrected chi connectivity index (χ2v) is 5.76. The molecule has 0 aromatic rings. The molecule has 0 spiro atoms. The summed E-state index contributed by atoms with van der Waals surface area (Å²) in [4.78, 5) is 11.7. The first kappa shape index (κ1) is 12.9. The summed E-state index contributed by atoms with van der Waals surface area (Å²) in [6.07, 6.45) is 9.37. The Morgan fingerprint density at radius 3 is 2.24 bits per heavy atom. The first-order valence-corrected chi connectivity index (χ1v) is 7.04. The van der Waals surface area contributed by atoms with Crippen LogP contribution in [0.5, 0.6) is 0 Å². The van der Waals surface area contributed by atoms with Crippen LogP contribution in [0.15, 0.2) is 0 Å². The van der Waals surface area contributed by atoms with Gasteiger partial charge in [0.05, 0.1) is 5.41 Å². The second-order valence-electron chi connectivity index (χ2n) is 5.76. The topological polar surface area (TPSA) is 46.5 Å². The number of carbonyl (C=O) groups is 1. The molecule has 2 fully saturated rings. The Hall–Kier alpha value is -0.570. The minimum Gasteiger partial charge on any atom is -0.481 e. The van der Waals surface area contributed by atoms with Crippen molar-refractivity contribution in [3.8, 4) is 0 Å². The second kappa shape index (κ2) is 5.85. The molecule has 1 saturated heterocycles. The first-order chi connectivity index (χ1) is 8.23. The highest BCUT2D eigenvalue weighted by molar-refractivity contribution is 5.74. The number of hydrogen-bond acceptors (Lipinski definition) is 2. The lowest BCUT2D eigenvalue weighted by Gasteiger charge is -2.33. The first-order valence-electron chi connectivity index (χ1n) is 7.04. The van der Waals surface area contributed by atoms with Crippen molar-refractivity contribution in [3.05, 3.63) is 0 Å². The van der Waals surface area contributed by atoms with Crippen LogP contribution in [0, 0.1) is 11.3 Å². The summed E-state index contributed by atoms with van der Waals surface area (Å²) < 4.78 is 5.36. The van der Waals surface area contributed by atoms with Crippen LogP contribution in [0.1, 0.15) is 57.8 Å². The van der Waals surface area contributed by atoms with Crippen molar-refractivity contribution in [2.75, 3.05) is 13.2 Å². The highest BCUT2D eigenvalue weighted by Crippen LogP contribution is 2.42. The van der Waals surface area contributed by atoms with Gasteiger partial charge in [-0.25, -0.2) is 0 Å². The van der Waals surface area contributed by atoms with Crippen LogP contribution in [0.4, 0.5) is 0 Å². The van der Waals surface area contributed by atoms with Gasteiger partial charge in [0, 0.05) is 13.2 Å². The van der Waals surface area contributed by atoms with Gasteiger partial charge in [0.25, 0.3) is 0 Å². The Bertz CT molecular complexity index is 248. The highest BCUT2D eigenvalue weighted by atomic mass is 16.5. The third kappa shape index (κ3) is 3.21. The van der Waals surface area contributed by atoms with Gasteiger partial charge in [0.15, 0.2) is 0 Å². The molecule has 1 aliphatic heterocycles. The zero-order chi connectivity index (χ0) is 12.1. The molecule has 1 saturated carbocycles. The van der Waals surface area contributed by atoms with Gasteiger partial charge in [0.2, 0.25) is 0 Å². The number of hydrogen-bond donors (Lipinski definition) is 1. The Morgan fingerprint density at radius 2 is 1.71 bits per heavy atom. The molecular formula is C14H24O3. The summed E-state index contributed by atoms with van der Waals surface area (Å²) in [7, 11) is 0. The number of aliphatic carboxylic acids is 1. The fourth-order valence-electron chi connectivity index (χ4n) is 3.41. The average molecular weight is 240 g/mol. The maximum atomic E-state index is 11.7. The largest absolute Gasteiger partial charge is 0.481 e. The number of rotatable bonds is 3. The quantitative estimate of drug-likeness (QED) is 0.770. The van der Waals surface area contributed by atoms with Gasteiger partial charge < -0.3 is 9.84 Å². The molecule has 0 unspecified atom stereocenters. The molecule has 3 heteroatoms. The monoisotopic (exact) mass is 240 g/mol. The van der Waals surface area contributed by atoms with Gasteiger partial charge in [-0.3, -0.25) is 4.79 Å². The molecule has 3 nitrogen and oxygen atoms in total. The summed E-state index contributed by atoms with van der Waals surface area (Å²) >= 11 is 0. The van der Waals surface area contributed by atoms with Crippen LogP contribution in [-0.4, -0.2) is 24.3 Å². The molecule has 1 N–H and O–H groups in total. The van der Waals surface area contributed by atoms with Crippen molar-refractivity contribution in [1.82, 2.24) is 0 Å². The highest BCUT2D eigenvalue weighted by Gasteiger charge is 2.40. The van der Waals surface area contributed by atoms with E-state index in [0.29, 0.717) is 5.92 Å². The van der Waals surface area contributed by atoms with Crippen molar-refractivity contribution < 1.29 is 14.6 Å². The van der Waals surface area contributed by atoms with Gasteiger partial charge in [-0.2, -0.15) is 0 Å². The Labute approximate surface area is 104 Å². The smallest absolute Gasteiger partial charge is 0.309 e. The molecule has 17 heavy (non-hydrogen) atoms. The van der Waals surface area contributed by atoms with Gasteiger partial charge in [0.1, 0.15) is 0 Å². The van der Waals surface area contributed by atoms with Crippen LogP contribution in [0.3, 0.4) is 0 Å². The molecule has 0 atom stereocenters. The lowest BCUT2D eigenvalue weighted by atomic mass is 9.72. The number of ether oxygens (including phenoxy) is 1. The van der Waals surface area contributed by atoms with E-state index in [9.17, 15) is 9.90 Å². The van der Waals surface area contributed by atoms with Crippen molar-refractivity contribution >= 4 is 5.97 Å². The lowest BCUT2D eigenvalue weighted by Crippen LogP contribution is -2.34. The molecule has 0 bridgehead atoms. The number of carboxylic acids is 1. The molecule has 0 aromatic heterocycles.